The van der Waals surface area contributed by atoms with E-state index < -0.39 is 0 Å². The first-order valence-electron chi connectivity index (χ1n) is 6.80. The minimum Gasteiger partial charge on any atom is -0.505 e. The standard InChI is InChI=1S/C18H21NO/c1-11-6-13(3)16(14(4)7-11)10-19-17-9-12(2)8-15(5)18(17)20/h6-10,20H,1-5H3/b19-10-. The lowest BCUT2D eigenvalue weighted by molar-refractivity contribution is 0.472. The molecule has 0 amide bonds. The highest BCUT2D eigenvalue weighted by Gasteiger charge is 2.05. The van der Waals surface area contributed by atoms with Gasteiger partial charge in [-0.05, 0) is 68.5 Å². The maximum absolute atomic E-state index is 10.1. The Morgan fingerprint density at radius 1 is 0.800 bits per heavy atom. The van der Waals surface area contributed by atoms with Gasteiger partial charge in [0.25, 0.3) is 0 Å². The first-order valence-corrected chi connectivity index (χ1v) is 6.80. The van der Waals surface area contributed by atoms with Crippen molar-refractivity contribution in [1.82, 2.24) is 0 Å². The Morgan fingerprint density at radius 3 is 1.90 bits per heavy atom. The van der Waals surface area contributed by atoms with E-state index in [2.05, 4.69) is 37.9 Å². The average Bonchev–Trinajstić information content (AvgIpc) is 2.33. The molecule has 20 heavy (non-hydrogen) atoms. The summed E-state index contributed by atoms with van der Waals surface area (Å²) in [5.74, 6) is 0.259. The highest BCUT2D eigenvalue weighted by atomic mass is 16.3. The van der Waals surface area contributed by atoms with Gasteiger partial charge in [-0.15, -0.1) is 0 Å². The van der Waals surface area contributed by atoms with Gasteiger partial charge in [-0.25, -0.2) is 0 Å². The summed E-state index contributed by atoms with van der Waals surface area (Å²) in [4.78, 5) is 4.47. The number of phenols is 1. The zero-order chi connectivity index (χ0) is 14.9. The van der Waals surface area contributed by atoms with Gasteiger partial charge < -0.3 is 5.11 Å². The molecule has 0 aliphatic carbocycles. The summed E-state index contributed by atoms with van der Waals surface area (Å²) in [6, 6.07) is 8.15. The number of hydrogen-bond donors (Lipinski definition) is 1. The van der Waals surface area contributed by atoms with Gasteiger partial charge in [0.05, 0.1) is 0 Å². The third-order valence-electron chi connectivity index (χ3n) is 3.50. The molecule has 0 fully saturated rings. The monoisotopic (exact) mass is 267 g/mol. The van der Waals surface area contributed by atoms with Crippen LogP contribution < -0.4 is 0 Å². The summed E-state index contributed by atoms with van der Waals surface area (Å²) in [5.41, 5.74) is 7.37. The number of benzene rings is 2. The van der Waals surface area contributed by atoms with Crippen LogP contribution >= 0.6 is 0 Å². The minimum atomic E-state index is 0.259. The van der Waals surface area contributed by atoms with Crippen molar-refractivity contribution in [2.24, 2.45) is 4.99 Å². The minimum absolute atomic E-state index is 0.259. The number of phenolic OH excluding ortho intramolecular Hbond substituents is 1. The number of hydrogen-bond acceptors (Lipinski definition) is 2. The number of rotatable bonds is 2. The first kappa shape index (κ1) is 14.3. The van der Waals surface area contributed by atoms with Crippen molar-refractivity contribution in [3.63, 3.8) is 0 Å². The van der Waals surface area contributed by atoms with Crippen LogP contribution in [0.2, 0.25) is 0 Å². The Bertz CT molecular complexity index is 661. The highest BCUT2D eigenvalue weighted by Crippen LogP contribution is 2.31. The van der Waals surface area contributed by atoms with Crippen molar-refractivity contribution in [3.05, 3.63) is 57.6 Å². The number of aliphatic imine (C=N–C) groups is 1. The van der Waals surface area contributed by atoms with E-state index >= 15 is 0 Å². The SMILES string of the molecule is Cc1cc(C)c(/C=N\c2cc(C)cc(C)c2O)c(C)c1. The molecule has 2 rings (SSSR count). The third kappa shape index (κ3) is 2.90. The van der Waals surface area contributed by atoms with Gasteiger partial charge in [0.1, 0.15) is 11.4 Å². The predicted molar refractivity (Wildman–Crippen MR) is 85.5 cm³/mol. The summed E-state index contributed by atoms with van der Waals surface area (Å²) < 4.78 is 0. The second-order valence-electron chi connectivity index (χ2n) is 5.52. The lowest BCUT2D eigenvalue weighted by Crippen LogP contribution is -1.93. The smallest absolute Gasteiger partial charge is 0.144 e. The van der Waals surface area contributed by atoms with E-state index in [-0.39, 0.29) is 5.75 Å². The normalized spacial score (nSPS) is 11.2. The van der Waals surface area contributed by atoms with Crippen LogP contribution in [-0.2, 0) is 0 Å². The van der Waals surface area contributed by atoms with Crippen LogP contribution in [0.25, 0.3) is 0 Å². The maximum Gasteiger partial charge on any atom is 0.144 e. The van der Waals surface area contributed by atoms with Crippen molar-refractivity contribution in [2.75, 3.05) is 0 Å². The van der Waals surface area contributed by atoms with E-state index in [0.29, 0.717) is 5.69 Å². The average molecular weight is 267 g/mol. The summed E-state index contributed by atoms with van der Waals surface area (Å²) in [6.45, 7) is 10.2. The molecule has 2 heteroatoms. The molecule has 0 saturated carbocycles. The molecule has 0 unspecified atom stereocenters. The van der Waals surface area contributed by atoms with Gasteiger partial charge in [0.15, 0.2) is 0 Å². The lowest BCUT2D eigenvalue weighted by Gasteiger charge is -2.08. The molecule has 0 saturated heterocycles. The summed E-state index contributed by atoms with van der Waals surface area (Å²) in [7, 11) is 0. The van der Waals surface area contributed by atoms with Crippen LogP contribution in [0.5, 0.6) is 5.75 Å². The molecule has 2 aromatic rings. The van der Waals surface area contributed by atoms with Gasteiger partial charge in [0, 0.05) is 6.21 Å². The van der Waals surface area contributed by atoms with Gasteiger partial charge in [-0.3, -0.25) is 4.99 Å². The molecule has 0 atom stereocenters. The van der Waals surface area contributed by atoms with E-state index in [1.807, 2.05) is 32.2 Å². The van der Waals surface area contributed by atoms with E-state index in [0.717, 1.165) is 16.7 Å². The van der Waals surface area contributed by atoms with Crippen LogP contribution in [0.4, 0.5) is 5.69 Å². The van der Waals surface area contributed by atoms with Crippen LogP contribution in [-0.4, -0.2) is 11.3 Å². The zero-order valence-corrected chi connectivity index (χ0v) is 12.8. The topological polar surface area (TPSA) is 32.6 Å². The Kier molecular flexibility index (Phi) is 3.93. The molecular formula is C18H21NO. The van der Waals surface area contributed by atoms with Gasteiger partial charge in [-0.1, -0.05) is 23.8 Å². The van der Waals surface area contributed by atoms with Gasteiger partial charge in [-0.2, -0.15) is 0 Å². The fraction of sp³-hybridized carbons (Fsp3) is 0.278. The van der Waals surface area contributed by atoms with Crippen LogP contribution in [0, 0.1) is 34.6 Å². The summed E-state index contributed by atoms with van der Waals surface area (Å²) in [5, 5.41) is 10.1. The maximum atomic E-state index is 10.1. The second kappa shape index (κ2) is 5.49. The van der Waals surface area contributed by atoms with Crippen LogP contribution in [0.3, 0.4) is 0 Å². The Hall–Kier alpha value is -2.09. The molecular weight excluding hydrogens is 246 g/mol. The van der Waals surface area contributed by atoms with Crippen molar-refractivity contribution < 1.29 is 5.11 Å². The fourth-order valence-corrected chi connectivity index (χ4v) is 2.56. The molecule has 0 spiro atoms. The van der Waals surface area contributed by atoms with Crippen molar-refractivity contribution in [2.45, 2.75) is 34.6 Å². The molecule has 1 N–H and O–H groups in total. The summed E-state index contributed by atoms with van der Waals surface area (Å²) >= 11 is 0. The quantitative estimate of drug-likeness (QED) is 0.787. The van der Waals surface area contributed by atoms with Gasteiger partial charge >= 0.3 is 0 Å². The lowest BCUT2D eigenvalue weighted by atomic mass is 10.0. The molecule has 2 nitrogen and oxygen atoms in total. The number of nitrogens with zero attached hydrogens (tertiary/aromatic N) is 1. The Labute approximate surface area is 120 Å². The Balaban J connectivity index is 2.45. The molecule has 0 aliphatic rings. The number of aromatic hydroxyl groups is 1. The van der Waals surface area contributed by atoms with Crippen molar-refractivity contribution >= 4 is 11.9 Å². The molecule has 0 radical (unpaired) electrons. The zero-order valence-electron chi connectivity index (χ0n) is 12.8. The van der Waals surface area contributed by atoms with Crippen LogP contribution in [0.1, 0.15) is 33.4 Å². The first-order chi connectivity index (χ1) is 9.38. The van der Waals surface area contributed by atoms with E-state index in [4.69, 9.17) is 0 Å². The van der Waals surface area contributed by atoms with E-state index in [9.17, 15) is 5.11 Å². The largest absolute Gasteiger partial charge is 0.505 e. The predicted octanol–water partition coefficient (Wildman–Crippen LogP) is 4.68. The second-order valence-corrected chi connectivity index (χ2v) is 5.52. The van der Waals surface area contributed by atoms with E-state index in [1.54, 1.807) is 0 Å². The molecule has 104 valence electrons. The fourth-order valence-electron chi connectivity index (χ4n) is 2.56. The molecule has 0 bridgehead atoms. The molecule has 0 aromatic heterocycles. The van der Waals surface area contributed by atoms with Crippen molar-refractivity contribution in [3.8, 4) is 5.75 Å². The molecule has 0 aliphatic heterocycles. The molecule has 2 aromatic carbocycles. The molecule has 0 heterocycles. The van der Waals surface area contributed by atoms with Crippen molar-refractivity contribution in [1.29, 1.82) is 0 Å². The highest BCUT2D eigenvalue weighted by molar-refractivity contribution is 5.86. The van der Waals surface area contributed by atoms with E-state index in [1.165, 1.54) is 16.7 Å². The number of aryl methyl sites for hydroxylation is 5. The summed E-state index contributed by atoms with van der Waals surface area (Å²) in [6.07, 6.45) is 1.85. The Morgan fingerprint density at radius 2 is 1.30 bits per heavy atom. The van der Waals surface area contributed by atoms with Gasteiger partial charge in [0.2, 0.25) is 0 Å². The van der Waals surface area contributed by atoms with Crippen LogP contribution in [0.15, 0.2) is 29.3 Å². The third-order valence-corrected chi connectivity index (χ3v) is 3.50.